The maximum Gasteiger partial charge on any atom is 0.306 e. The molecule has 11 nitrogen and oxygen atoms in total. The highest BCUT2D eigenvalue weighted by atomic mass is 16.7. The summed E-state index contributed by atoms with van der Waals surface area (Å²) < 4.78 is 17.6. The van der Waals surface area contributed by atoms with Crippen LogP contribution in [0.5, 0.6) is 0 Å². The van der Waals surface area contributed by atoms with E-state index in [-0.39, 0.29) is 13.0 Å². The van der Waals surface area contributed by atoms with Crippen LogP contribution in [0.25, 0.3) is 0 Å². The molecule has 6 N–H and O–H groups in total. The quantitative estimate of drug-likeness (QED) is 0.0195. The molecule has 8 atom stereocenters. The minimum Gasteiger partial charge on any atom is -0.454 e. The standard InChI is InChI=1S/C62H113NO10/c1-4-7-10-13-16-19-22-24-25-26-27-28-29-30-31-33-35-38-41-44-47-50-57(67)73-60-59(69)58(68)56(51-64)72-62(60)71-52-53(54(65)48-45-42-39-37-34-32-23-20-17-14-11-8-5-2)63-61(70)55(66)49-46-43-40-36-21-18-15-12-9-6-3/h16,19,24-25,27-28,45,48,53-56,58-60,62,64-66,68-69H,4-15,17-18,20-23,26,29-44,46-47,49-52H2,1-3H3,(H,63,70)/b19-16-,25-24-,28-27-,48-45+. The Morgan fingerprint density at radius 1 is 0.534 bits per heavy atom. The smallest absolute Gasteiger partial charge is 0.306 e. The molecular weight excluding hydrogens is 919 g/mol. The lowest BCUT2D eigenvalue weighted by Gasteiger charge is -2.41. The lowest BCUT2D eigenvalue weighted by molar-refractivity contribution is -0.305. The van der Waals surface area contributed by atoms with Crippen molar-refractivity contribution in [3.05, 3.63) is 48.6 Å². The van der Waals surface area contributed by atoms with Crippen molar-refractivity contribution >= 4 is 11.9 Å². The third-order valence-electron chi connectivity index (χ3n) is 14.2. The van der Waals surface area contributed by atoms with E-state index in [1.165, 1.54) is 141 Å². The Morgan fingerprint density at radius 3 is 1.44 bits per heavy atom. The number of aliphatic hydroxyl groups excluding tert-OH is 5. The summed E-state index contributed by atoms with van der Waals surface area (Å²) in [6.45, 7) is 5.75. The van der Waals surface area contributed by atoms with Gasteiger partial charge >= 0.3 is 5.97 Å². The molecular formula is C62H113NO10. The maximum absolute atomic E-state index is 13.3. The van der Waals surface area contributed by atoms with Gasteiger partial charge in [0.1, 0.15) is 24.4 Å². The van der Waals surface area contributed by atoms with E-state index in [2.05, 4.69) is 62.5 Å². The number of amides is 1. The predicted octanol–water partition coefficient (Wildman–Crippen LogP) is 14.1. The molecule has 1 fully saturated rings. The molecule has 0 aromatic heterocycles. The summed E-state index contributed by atoms with van der Waals surface area (Å²) in [7, 11) is 0. The number of hydrogen-bond donors (Lipinski definition) is 6. The third kappa shape index (κ3) is 38.8. The zero-order chi connectivity index (χ0) is 53.3. The Bertz CT molecular complexity index is 1370. The number of aliphatic hydroxyl groups is 5. The number of esters is 1. The van der Waals surface area contributed by atoms with E-state index in [9.17, 15) is 35.1 Å². The van der Waals surface area contributed by atoms with Crippen LogP contribution < -0.4 is 5.32 Å². The van der Waals surface area contributed by atoms with Gasteiger partial charge in [-0.15, -0.1) is 0 Å². The van der Waals surface area contributed by atoms with Crippen LogP contribution >= 0.6 is 0 Å². The highest BCUT2D eigenvalue weighted by Crippen LogP contribution is 2.26. The van der Waals surface area contributed by atoms with Crippen LogP contribution in [0.3, 0.4) is 0 Å². The molecule has 1 aliphatic rings. The van der Waals surface area contributed by atoms with Crippen LogP contribution in [0.4, 0.5) is 0 Å². The average molecular weight is 1030 g/mol. The molecule has 1 heterocycles. The average Bonchev–Trinajstić information content (AvgIpc) is 3.39. The molecule has 0 aromatic rings. The summed E-state index contributed by atoms with van der Waals surface area (Å²) in [4.78, 5) is 26.5. The van der Waals surface area contributed by atoms with Gasteiger partial charge in [0.2, 0.25) is 5.91 Å². The van der Waals surface area contributed by atoms with Gasteiger partial charge in [-0.2, -0.15) is 0 Å². The van der Waals surface area contributed by atoms with E-state index in [4.69, 9.17) is 14.2 Å². The van der Waals surface area contributed by atoms with Crippen molar-refractivity contribution in [3.8, 4) is 0 Å². The van der Waals surface area contributed by atoms with Gasteiger partial charge in [0, 0.05) is 6.42 Å². The first kappa shape index (κ1) is 68.6. The number of rotatable bonds is 51. The molecule has 1 aliphatic heterocycles. The normalized spacial score (nSPS) is 19.7. The molecule has 0 aromatic carbocycles. The number of allylic oxidation sites excluding steroid dienone is 7. The van der Waals surface area contributed by atoms with Gasteiger partial charge in [0.05, 0.1) is 25.4 Å². The van der Waals surface area contributed by atoms with Gasteiger partial charge in [-0.3, -0.25) is 9.59 Å². The summed E-state index contributed by atoms with van der Waals surface area (Å²) in [5.41, 5.74) is 0. The van der Waals surface area contributed by atoms with Crippen LogP contribution in [-0.2, 0) is 23.8 Å². The van der Waals surface area contributed by atoms with Crippen molar-refractivity contribution in [1.29, 1.82) is 0 Å². The van der Waals surface area contributed by atoms with E-state index in [0.29, 0.717) is 19.3 Å². The number of nitrogens with one attached hydrogen (secondary N) is 1. The van der Waals surface area contributed by atoms with Crippen LogP contribution in [0, 0.1) is 0 Å². The first-order chi connectivity index (χ1) is 35.7. The van der Waals surface area contributed by atoms with Gasteiger partial charge < -0.3 is 45.1 Å². The monoisotopic (exact) mass is 1030 g/mol. The molecule has 0 bridgehead atoms. The molecule has 0 radical (unpaired) electrons. The van der Waals surface area contributed by atoms with E-state index < -0.39 is 67.4 Å². The largest absolute Gasteiger partial charge is 0.454 e. The van der Waals surface area contributed by atoms with Crippen molar-refractivity contribution < 1.29 is 49.3 Å². The van der Waals surface area contributed by atoms with Crippen molar-refractivity contribution in [1.82, 2.24) is 5.32 Å². The fourth-order valence-electron chi connectivity index (χ4n) is 9.36. The number of hydrogen-bond acceptors (Lipinski definition) is 10. The lowest BCUT2D eigenvalue weighted by Crippen LogP contribution is -2.61. The molecule has 1 rings (SSSR count). The number of unbranched alkanes of at least 4 members (excludes halogenated alkanes) is 31. The summed E-state index contributed by atoms with van der Waals surface area (Å²) in [6, 6.07) is -1.02. The van der Waals surface area contributed by atoms with E-state index >= 15 is 0 Å². The molecule has 11 heteroatoms. The van der Waals surface area contributed by atoms with Crippen molar-refractivity contribution in [3.63, 3.8) is 0 Å². The second-order valence-corrected chi connectivity index (χ2v) is 21.1. The van der Waals surface area contributed by atoms with E-state index in [1.807, 2.05) is 6.08 Å². The third-order valence-corrected chi connectivity index (χ3v) is 14.2. The second-order valence-electron chi connectivity index (χ2n) is 21.1. The van der Waals surface area contributed by atoms with Crippen molar-refractivity contribution in [2.24, 2.45) is 0 Å². The Balaban J connectivity index is 2.66. The molecule has 426 valence electrons. The van der Waals surface area contributed by atoms with Gasteiger partial charge in [-0.05, 0) is 64.2 Å². The lowest BCUT2D eigenvalue weighted by atomic mass is 9.99. The van der Waals surface area contributed by atoms with Crippen LogP contribution in [0.15, 0.2) is 48.6 Å². The zero-order valence-electron chi connectivity index (χ0n) is 47.0. The van der Waals surface area contributed by atoms with E-state index in [1.54, 1.807) is 6.08 Å². The zero-order valence-corrected chi connectivity index (χ0v) is 47.0. The Hall–Kier alpha value is -2.38. The van der Waals surface area contributed by atoms with Crippen LogP contribution in [-0.4, -0.2) is 99.6 Å². The SMILES string of the molecule is CCCCC/C=C\C/C=C\C/C=C\CCCCCCCCCCC(=O)OC1C(OCC(NC(=O)C(O)CCCCCCCCCCCC)C(O)/C=C/CCCCCCCCCCCCC)OC(CO)C(O)C1O. The summed E-state index contributed by atoms with van der Waals surface area (Å²) in [6.07, 6.45) is 50.1. The number of carbonyl (C=O) groups excluding carboxylic acids is 2. The molecule has 0 aliphatic carbocycles. The van der Waals surface area contributed by atoms with Crippen LogP contribution in [0.2, 0.25) is 0 Å². The van der Waals surface area contributed by atoms with Gasteiger partial charge in [-0.1, -0.05) is 249 Å². The second kappa shape index (κ2) is 50.4. The van der Waals surface area contributed by atoms with Crippen LogP contribution in [0.1, 0.15) is 271 Å². The highest BCUT2D eigenvalue weighted by Gasteiger charge is 2.47. The topological polar surface area (TPSA) is 175 Å². The maximum atomic E-state index is 13.3. The summed E-state index contributed by atoms with van der Waals surface area (Å²) in [5, 5.41) is 56.8. The van der Waals surface area contributed by atoms with E-state index in [0.717, 1.165) is 83.5 Å². The minimum atomic E-state index is -1.61. The van der Waals surface area contributed by atoms with Gasteiger partial charge in [-0.25, -0.2) is 0 Å². The first-order valence-corrected chi connectivity index (χ1v) is 30.4. The van der Waals surface area contributed by atoms with Gasteiger partial charge in [0.25, 0.3) is 0 Å². The molecule has 1 amide bonds. The Kier molecular flexibility index (Phi) is 47.4. The fourth-order valence-corrected chi connectivity index (χ4v) is 9.36. The Labute approximate surface area is 446 Å². The minimum absolute atomic E-state index is 0.116. The highest BCUT2D eigenvalue weighted by molar-refractivity contribution is 5.80. The summed E-state index contributed by atoms with van der Waals surface area (Å²) in [5.74, 6) is -1.20. The first-order valence-electron chi connectivity index (χ1n) is 30.4. The summed E-state index contributed by atoms with van der Waals surface area (Å²) >= 11 is 0. The molecule has 73 heavy (non-hydrogen) atoms. The molecule has 0 spiro atoms. The number of carbonyl (C=O) groups is 2. The van der Waals surface area contributed by atoms with Crippen molar-refractivity contribution in [2.75, 3.05) is 13.2 Å². The molecule has 0 saturated carbocycles. The Morgan fingerprint density at radius 2 is 0.945 bits per heavy atom. The molecule has 1 saturated heterocycles. The molecule has 8 unspecified atom stereocenters. The fraction of sp³-hybridized carbons (Fsp3) is 0.839. The predicted molar refractivity (Wildman–Crippen MR) is 301 cm³/mol. The number of ether oxygens (including phenoxy) is 3. The van der Waals surface area contributed by atoms with Crippen molar-refractivity contribution in [2.45, 2.75) is 320 Å². The van der Waals surface area contributed by atoms with Gasteiger partial charge in [0.15, 0.2) is 12.4 Å².